The van der Waals surface area contributed by atoms with E-state index in [9.17, 15) is 0 Å². The van der Waals surface area contributed by atoms with E-state index in [1.807, 2.05) is 0 Å². The van der Waals surface area contributed by atoms with Crippen LogP contribution in [0.1, 0.15) is 40.5 Å². The molecule has 98 valence electrons. The second-order valence-electron chi connectivity index (χ2n) is 5.74. The highest BCUT2D eigenvalue weighted by molar-refractivity contribution is 7.99. The van der Waals surface area contributed by atoms with Gasteiger partial charge in [0.05, 0.1) is 23.0 Å². The van der Waals surface area contributed by atoms with Crippen molar-refractivity contribution in [3.8, 4) is 6.07 Å². The highest BCUT2D eigenvalue weighted by atomic mass is 32.2. The Morgan fingerprint density at radius 2 is 2.12 bits per heavy atom. The lowest BCUT2D eigenvalue weighted by Crippen LogP contribution is -2.43. The van der Waals surface area contributed by atoms with Gasteiger partial charge in [-0.1, -0.05) is 0 Å². The molecule has 1 heterocycles. The highest BCUT2D eigenvalue weighted by Crippen LogP contribution is 2.37. The second kappa shape index (κ2) is 6.08. The summed E-state index contributed by atoms with van der Waals surface area (Å²) in [5.41, 5.74) is -0.0972. The first-order valence-corrected chi connectivity index (χ1v) is 7.41. The average Bonchev–Trinajstić information content (AvgIpc) is 2.40. The van der Waals surface area contributed by atoms with E-state index in [4.69, 9.17) is 10.00 Å². The lowest BCUT2D eigenvalue weighted by Gasteiger charge is -2.27. The van der Waals surface area contributed by atoms with Gasteiger partial charge in [0.2, 0.25) is 0 Å². The molecule has 0 radical (unpaired) electrons. The van der Waals surface area contributed by atoms with Crippen molar-refractivity contribution in [1.82, 2.24) is 5.32 Å². The van der Waals surface area contributed by atoms with Crippen molar-refractivity contribution in [2.75, 3.05) is 18.1 Å². The van der Waals surface area contributed by atoms with Crippen LogP contribution in [0.3, 0.4) is 0 Å². The van der Waals surface area contributed by atoms with Gasteiger partial charge in [-0.05, 0) is 52.8 Å². The number of rotatable bonds is 6. The van der Waals surface area contributed by atoms with E-state index in [1.165, 1.54) is 0 Å². The number of ether oxygens (including phenoxy) is 1. The van der Waals surface area contributed by atoms with Crippen molar-refractivity contribution in [1.29, 1.82) is 5.26 Å². The molecule has 0 amide bonds. The molecule has 1 aliphatic heterocycles. The molecule has 0 aromatic rings. The summed E-state index contributed by atoms with van der Waals surface area (Å²) in [5.74, 6) is 1.66. The summed E-state index contributed by atoms with van der Waals surface area (Å²) in [4.78, 5) is 0. The van der Waals surface area contributed by atoms with Crippen LogP contribution in [0.5, 0.6) is 0 Å². The number of hydrogen-bond donors (Lipinski definition) is 1. The lowest BCUT2D eigenvalue weighted by molar-refractivity contribution is -0.0697. The fraction of sp³-hybridized carbons (Fsp3) is 0.923. The van der Waals surface area contributed by atoms with E-state index in [1.54, 1.807) is 11.8 Å². The molecule has 0 aromatic carbocycles. The maximum absolute atomic E-state index is 8.42. The van der Waals surface area contributed by atoms with Crippen molar-refractivity contribution in [2.24, 2.45) is 0 Å². The topological polar surface area (TPSA) is 45.0 Å². The minimum atomic E-state index is -0.0801. The van der Waals surface area contributed by atoms with Crippen LogP contribution in [0.15, 0.2) is 0 Å². The number of hydrogen-bond acceptors (Lipinski definition) is 4. The van der Waals surface area contributed by atoms with E-state index in [0.717, 1.165) is 25.1 Å². The van der Waals surface area contributed by atoms with E-state index >= 15 is 0 Å². The fourth-order valence-corrected chi connectivity index (χ4v) is 3.03. The van der Waals surface area contributed by atoms with Gasteiger partial charge < -0.3 is 10.1 Å². The molecule has 1 aliphatic rings. The van der Waals surface area contributed by atoms with Crippen LogP contribution in [-0.4, -0.2) is 35.3 Å². The van der Waals surface area contributed by atoms with Gasteiger partial charge in [-0.2, -0.15) is 5.26 Å². The third-order valence-corrected chi connectivity index (χ3v) is 4.01. The van der Waals surface area contributed by atoms with E-state index in [0.29, 0.717) is 11.8 Å². The van der Waals surface area contributed by atoms with Gasteiger partial charge in [-0.25, -0.2) is 0 Å². The monoisotopic (exact) mass is 256 g/mol. The maximum Gasteiger partial charge on any atom is 0.0808 e. The van der Waals surface area contributed by atoms with Crippen LogP contribution in [-0.2, 0) is 4.74 Å². The molecule has 1 saturated heterocycles. The van der Waals surface area contributed by atoms with Gasteiger partial charge >= 0.3 is 0 Å². The number of nitrogens with zero attached hydrogens (tertiary/aromatic N) is 1. The molecule has 1 fully saturated rings. The zero-order valence-corrected chi connectivity index (χ0v) is 12.2. The minimum absolute atomic E-state index is 0.0171. The molecular formula is C13H24N2OS. The molecule has 0 unspecified atom stereocenters. The van der Waals surface area contributed by atoms with Gasteiger partial charge in [-0.3, -0.25) is 0 Å². The molecule has 0 aromatic heterocycles. The van der Waals surface area contributed by atoms with Gasteiger partial charge in [0, 0.05) is 6.04 Å². The van der Waals surface area contributed by atoms with Crippen LogP contribution in [0.4, 0.5) is 0 Å². The Kier molecular flexibility index (Phi) is 5.30. The number of thioether (sulfide) groups is 1. The first kappa shape index (κ1) is 14.8. The van der Waals surface area contributed by atoms with Crippen molar-refractivity contribution in [3.63, 3.8) is 0 Å². The Labute approximate surface area is 109 Å². The van der Waals surface area contributed by atoms with Crippen molar-refractivity contribution in [3.05, 3.63) is 0 Å². The van der Waals surface area contributed by atoms with E-state index in [2.05, 4.69) is 39.1 Å². The Balaban J connectivity index is 2.21. The molecule has 1 atom stereocenters. The summed E-state index contributed by atoms with van der Waals surface area (Å²) in [5, 5.41) is 12.0. The van der Waals surface area contributed by atoms with Crippen molar-refractivity contribution < 1.29 is 4.74 Å². The Morgan fingerprint density at radius 3 is 2.65 bits per heavy atom. The Morgan fingerprint density at radius 1 is 1.41 bits per heavy atom. The third kappa shape index (κ3) is 4.87. The predicted octanol–water partition coefficient (Wildman–Crippen LogP) is 2.57. The Bertz CT molecular complexity index is 284. The zero-order chi connectivity index (χ0) is 12.9. The molecule has 0 bridgehead atoms. The summed E-state index contributed by atoms with van der Waals surface area (Å²) in [6, 6.07) is 2.58. The minimum Gasteiger partial charge on any atom is -0.368 e. The van der Waals surface area contributed by atoms with Crippen molar-refractivity contribution >= 4 is 11.8 Å². The first-order chi connectivity index (χ1) is 7.87. The number of nitriles is 1. The molecule has 0 aliphatic carbocycles. The highest BCUT2D eigenvalue weighted by Gasteiger charge is 2.45. The average molecular weight is 256 g/mol. The quantitative estimate of drug-likeness (QED) is 0.742. The summed E-state index contributed by atoms with van der Waals surface area (Å²) < 4.78 is 6.03. The smallest absolute Gasteiger partial charge is 0.0808 e. The van der Waals surface area contributed by atoms with Crippen LogP contribution < -0.4 is 5.32 Å². The van der Waals surface area contributed by atoms with Crippen LogP contribution in [0, 0.1) is 11.3 Å². The summed E-state index contributed by atoms with van der Waals surface area (Å²) in [7, 11) is 0. The molecule has 1 N–H and O–H groups in total. The number of nitrogens with one attached hydrogen (secondary N) is 1. The summed E-state index contributed by atoms with van der Waals surface area (Å²) >= 11 is 1.70. The SMILES string of the molecule is CC1(C)C[C@@H](NCCCSCC#N)C(C)(C)O1. The largest absolute Gasteiger partial charge is 0.368 e. The predicted molar refractivity (Wildman–Crippen MR) is 73.2 cm³/mol. The maximum atomic E-state index is 8.42. The molecule has 17 heavy (non-hydrogen) atoms. The van der Waals surface area contributed by atoms with Crippen LogP contribution in [0.2, 0.25) is 0 Å². The Hall–Kier alpha value is -0.240. The normalized spacial score (nSPS) is 25.7. The van der Waals surface area contributed by atoms with Crippen molar-refractivity contribution in [2.45, 2.75) is 57.8 Å². The first-order valence-electron chi connectivity index (χ1n) is 6.26. The molecule has 0 spiro atoms. The summed E-state index contributed by atoms with van der Waals surface area (Å²) in [6.45, 7) is 9.62. The summed E-state index contributed by atoms with van der Waals surface area (Å²) in [6.07, 6.45) is 2.17. The molecule has 1 rings (SSSR count). The fourth-order valence-electron chi connectivity index (χ4n) is 2.45. The van der Waals surface area contributed by atoms with Gasteiger partial charge in [0.1, 0.15) is 0 Å². The zero-order valence-electron chi connectivity index (χ0n) is 11.4. The van der Waals surface area contributed by atoms with E-state index in [-0.39, 0.29) is 11.2 Å². The lowest BCUT2D eigenvalue weighted by atomic mass is 9.94. The van der Waals surface area contributed by atoms with Gasteiger partial charge in [0.15, 0.2) is 0 Å². The van der Waals surface area contributed by atoms with Crippen LogP contribution >= 0.6 is 11.8 Å². The van der Waals surface area contributed by atoms with Gasteiger partial charge in [-0.15, -0.1) is 11.8 Å². The molecule has 0 saturated carbocycles. The van der Waals surface area contributed by atoms with E-state index < -0.39 is 0 Å². The van der Waals surface area contributed by atoms with Crippen LogP contribution in [0.25, 0.3) is 0 Å². The molecule has 4 heteroatoms. The molecule has 3 nitrogen and oxygen atoms in total. The van der Waals surface area contributed by atoms with Gasteiger partial charge in [0.25, 0.3) is 0 Å². The second-order valence-corrected chi connectivity index (χ2v) is 6.85. The molecular weight excluding hydrogens is 232 g/mol. The standard InChI is InChI=1S/C13H24N2OS/c1-12(2)10-11(13(3,4)16-12)15-7-5-8-17-9-6-14/h11,15H,5,7-10H2,1-4H3/t11-/m1/s1. The third-order valence-electron chi connectivity index (χ3n) is 3.10.